The second-order valence-corrected chi connectivity index (χ2v) is 6.64. The number of anilines is 2. The molecule has 1 aliphatic rings. The van der Waals surface area contributed by atoms with Crippen molar-refractivity contribution in [2.45, 2.75) is 19.6 Å². The molecule has 0 aliphatic carbocycles. The van der Waals surface area contributed by atoms with Gasteiger partial charge in [-0.1, -0.05) is 18.2 Å². The van der Waals surface area contributed by atoms with Crippen LogP contribution in [0.25, 0.3) is 0 Å². The van der Waals surface area contributed by atoms with E-state index in [-0.39, 0.29) is 11.7 Å². The fourth-order valence-electron chi connectivity index (χ4n) is 3.21. The van der Waals surface area contributed by atoms with Crippen LogP contribution in [-0.4, -0.2) is 17.4 Å². The Morgan fingerprint density at radius 3 is 2.89 bits per heavy atom. The van der Waals surface area contributed by atoms with Gasteiger partial charge in [-0.2, -0.15) is 0 Å². The number of carbonyl (C=O) groups excluding carboxylic acids is 1. The average Bonchev–Trinajstić information content (AvgIpc) is 2.85. The maximum atomic E-state index is 13.6. The zero-order valence-electron chi connectivity index (χ0n) is 15.3. The molecule has 0 fully saturated rings. The Morgan fingerprint density at radius 1 is 1.11 bits per heavy atom. The SMILES string of the molecule is O=C1CCN(Cc2cccc(OCc3ccccn3)c2)c2ccc(F)cc2N1. The van der Waals surface area contributed by atoms with Gasteiger partial charge in [0.25, 0.3) is 0 Å². The summed E-state index contributed by atoms with van der Waals surface area (Å²) in [5.74, 6) is 0.277. The van der Waals surface area contributed by atoms with Gasteiger partial charge in [0.1, 0.15) is 18.2 Å². The lowest BCUT2D eigenvalue weighted by Gasteiger charge is -2.24. The molecule has 5 nitrogen and oxygen atoms in total. The molecule has 0 radical (unpaired) electrons. The maximum absolute atomic E-state index is 13.6. The van der Waals surface area contributed by atoms with E-state index in [0.29, 0.717) is 31.8 Å². The maximum Gasteiger partial charge on any atom is 0.226 e. The quantitative estimate of drug-likeness (QED) is 0.726. The number of pyridine rings is 1. The minimum absolute atomic E-state index is 0.109. The average molecular weight is 377 g/mol. The molecule has 4 rings (SSSR count). The Labute approximate surface area is 162 Å². The summed E-state index contributed by atoms with van der Waals surface area (Å²) < 4.78 is 19.4. The van der Waals surface area contributed by atoms with Gasteiger partial charge in [0, 0.05) is 25.7 Å². The number of ether oxygens (including phenoxy) is 1. The van der Waals surface area contributed by atoms with Gasteiger partial charge in [0.15, 0.2) is 0 Å². The van der Waals surface area contributed by atoms with E-state index in [9.17, 15) is 9.18 Å². The van der Waals surface area contributed by atoms with Crippen LogP contribution >= 0.6 is 0 Å². The van der Waals surface area contributed by atoms with Crippen LogP contribution in [0.4, 0.5) is 15.8 Å². The first-order valence-electron chi connectivity index (χ1n) is 9.13. The molecular formula is C22H20FN3O2. The standard InChI is InChI=1S/C22H20FN3O2/c23-17-7-8-21-20(13-17)25-22(27)9-11-26(21)14-16-4-3-6-19(12-16)28-15-18-5-1-2-10-24-18/h1-8,10,12-13H,9,11,14-15H2,(H,25,27). The highest BCUT2D eigenvalue weighted by molar-refractivity contribution is 5.96. The van der Waals surface area contributed by atoms with Crippen molar-refractivity contribution >= 4 is 17.3 Å². The molecule has 1 aromatic heterocycles. The predicted octanol–water partition coefficient (Wildman–Crippen LogP) is 4.15. The largest absolute Gasteiger partial charge is 0.487 e. The fraction of sp³-hybridized carbons (Fsp3) is 0.182. The Balaban J connectivity index is 1.50. The minimum Gasteiger partial charge on any atom is -0.487 e. The molecule has 3 aromatic rings. The first-order valence-corrected chi connectivity index (χ1v) is 9.13. The summed E-state index contributed by atoms with van der Waals surface area (Å²) in [7, 11) is 0. The summed E-state index contributed by atoms with van der Waals surface area (Å²) in [6.07, 6.45) is 2.09. The van der Waals surface area contributed by atoms with Crippen molar-refractivity contribution in [1.29, 1.82) is 0 Å². The van der Waals surface area contributed by atoms with Gasteiger partial charge in [-0.3, -0.25) is 9.78 Å². The number of rotatable bonds is 5. The van der Waals surface area contributed by atoms with Crippen LogP contribution < -0.4 is 15.0 Å². The number of carbonyl (C=O) groups is 1. The summed E-state index contributed by atoms with van der Waals surface area (Å²) >= 11 is 0. The molecule has 0 spiro atoms. The van der Waals surface area contributed by atoms with Crippen LogP contribution in [0.1, 0.15) is 17.7 Å². The Bertz CT molecular complexity index is 979. The number of benzene rings is 2. The Hall–Kier alpha value is -3.41. The lowest BCUT2D eigenvalue weighted by molar-refractivity contribution is -0.115. The number of hydrogen-bond acceptors (Lipinski definition) is 4. The molecule has 1 N–H and O–H groups in total. The van der Waals surface area contributed by atoms with Crippen molar-refractivity contribution in [2.24, 2.45) is 0 Å². The van der Waals surface area contributed by atoms with Crippen molar-refractivity contribution in [3.63, 3.8) is 0 Å². The molecular weight excluding hydrogens is 357 g/mol. The van der Waals surface area contributed by atoms with Crippen LogP contribution in [0, 0.1) is 5.82 Å². The van der Waals surface area contributed by atoms with Crippen molar-refractivity contribution in [3.05, 3.63) is 83.9 Å². The molecule has 1 amide bonds. The molecule has 1 aliphatic heterocycles. The van der Waals surface area contributed by atoms with E-state index in [1.54, 1.807) is 12.3 Å². The van der Waals surface area contributed by atoms with Crippen LogP contribution in [0.2, 0.25) is 0 Å². The van der Waals surface area contributed by atoms with Crippen molar-refractivity contribution in [1.82, 2.24) is 4.98 Å². The first-order chi connectivity index (χ1) is 13.7. The number of fused-ring (bicyclic) bond motifs is 1. The van der Waals surface area contributed by atoms with Gasteiger partial charge in [0.05, 0.1) is 17.1 Å². The van der Waals surface area contributed by atoms with Crippen LogP contribution in [0.15, 0.2) is 66.9 Å². The topological polar surface area (TPSA) is 54.5 Å². The molecule has 0 bridgehead atoms. The highest BCUT2D eigenvalue weighted by Crippen LogP contribution is 2.31. The van der Waals surface area contributed by atoms with Crippen molar-refractivity contribution < 1.29 is 13.9 Å². The summed E-state index contributed by atoms with van der Waals surface area (Å²) in [4.78, 5) is 18.3. The Morgan fingerprint density at radius 2 is 2.04 bits per heavy atom. The minimum atomic E-state index is -0.370. The highest BCUT2D eigenvalue weighted by Gasteiger charge is 2.20. The number of nitrogens with zero attached hydrogens (tertiary/aromatic N) is 2. The molecule has 0 saturated carbocycles. The van der Waals surface area contributed by atoms with E-state index in [1.807, 2.05) is 42.5 Å². The number of amides is 1. The number of aromatic nitrogens is 1. The summed E-state index contributed by atoms with van der Waals surface area (Å²) in [6, 6.07) is 18.0. The first kappa shape index (κ1) is 18.0. The van der Waals surface area contributed by atoms with Crippen molar-refractivity contribution in [2.75, 3.05) is 16.8 Å². The van der Waals surface area contributed by atoms with Crippen LogP contribution in [0.3, 0.4) is 0 Å². The second kappa shape index (κ2) is 8.08. The molecule has 0 saturated heterocycles. The third-order valence-electron chi connectivity index (χ3n) is 4.57. The van der Waals surface area contributed by atoms with Crippen LogP contribution in [-0.2, 0) is 17.9 Å². The van der Waals surface area contributed by atoms with E-state index < -0.39 is 0 Å². The van der Waals surface area contributed by atoms with Gasteiger partial charge in [-0.15, -0.1) is 0 Å². The normalized spacial score (nSPS) is 13.5. The predicted molar refractivity (Wildman–Crippen MR) is 106 cm³/mol. The Kier molecular flexibility index (Phi) is 5.19. The van der Waals surface area contributed by atoms with Crippen molar-refractivity contribution in [3.8, 4) is 5.75 Å². The van der Waals surface area contributed by atoms with Gasteiger partial charge < -0.3 is 15.0 Å². The highest BCUT2D eigenvalue weighted by atomic mass is 19.1. The van der Waals surface area contributed by atoms with Gasteiger partial charge in [-0.05, 0) is 48.0 Å². The van der Waals surface area contributed by atoms with Gasteiger partial charge in [-0.25, -0.2) is 4.39 Å². The van der Waals surface area contributed by atoms with E-state index in [0.717, 1.165) is 22.7 Å². The summed E-state index contributed by atoms with van der Waals surface area (Å²) in [5, 5.41) is 2.78. The molecule has 6 heteroatoms. The zero-order valence-corrected chi connectivity index (χ0v) is 15.3. The fourth-order valence-corrected chi connectivity index (χ4v) is 3.21. The smallest absolute Gasteiger partial charge is 0.226 e. The third-order valence-corrected chi connectivity index (χ3v) is 4.57. The van der Waals surface area contributed by atoms with E-state index >= 15 is 0 Å². The molecule has 142 valence electrons. The number of halogens is 1. The second-order valence-electron chi connectivity index (χ2n) is 6.64. The van der Waals surface area contributed by atoms with Gasteiger partial charge in [0.2, 0.25) is 5.91 Å². The molecule has 0 atom stereocenters. The molecule has 2 heterocycles. The molecule has 28 heavy (non-hydrogen) atoms. The number of nitrogens with one attached hydrogen (secondary N) is 1. The zero-order chi connectivity index (χ0) is 19.3. The van der Waals surface area contributed by atoms with E-state index in [2.05, 4.69) is 15.2 Å². The molecule has 0 unspecified atom stereocenters. The van der Waals surface area contributed by atoms with E-state index in [4.69, 9.17) is 4.74 Å². The monoisotopic (exact) mass is 377 g/mol. The third kappa shape index (κ3) is 4.28. The van der Waals surface area contributed by atoms with Gasteiger partial charge >= 0.3 is 0 Å². The lowest BCUT2D eigenvalue weighted by Crippen LogP contribution is -2.24. The van der Waals surface area contributed by atoms with E-state index in [1.165, 1.54) is 12.1 Å². The van der Waals surface area contributed by atoms with Crippen LogP contribution in [0.5, 0.6) is 5.75 Å². The summed E-state index contributed by atoms with van der Waals surface area (Å²) in [6.45, 7) is 1.55. The number of hydrogen-bond donors (Lipinski definition) is 1. The lowest BCUT2D eigenvalue weighted by atomic mass is 10.1. The molecule has 2 aromatic carbocycles. The summed E-state index contributed by atoms with van der Waals surface area (Å²) in [5.41, 5.74) is 3.22.